The van der Waals surface area contributed by atoms with Crippen LogP contribution in [0.15, 0.2) is 47.6 Å². The Morgan fingerprint density at radius 2 is 2.04 bits per heavy atom. The van der Waals surface area contributed by atoms with Crippen LogP contribution in [0.25, 0.3) is 0 Å². The Balaban J connectivity index is 1.69. The molecule has 7 heteroatoms. The highest BCUT2D eigenvalue weighted by atomic mass is 32.2. The molecule has 0 radical (unpaired) electrons. The maximum atomic E-state index is 12.1. The third kappa shape index (κ3) is 5.86. The Morgan fingerprint density at radius 3 is 2.70 bits per heavy atom. The van der Waals surface area contributed by atoms with Crippen LogP contribution in [-0.4, -0.2) is 39.3 Å². The van der Waals surface area contributed by atoms with Crippen LogP contribution in [0.5, 0.6) is 0 Å². The highest BCUT2D eigenvalue weighted by Crippen LogP contribution is 2.02. The van der Waals surface area contributed by atoms with E-state index in [0.717, 1.165) is 11.3 Å². The van der Waals surface area contributed by atoms with Crippen molar-refractivity contribution in [3.8, 4) is 0 Å². The number of hydrogen-bond donors (Lipinski definition) is 2. The van der Waals surface area contributed by atoms with Crippen LogP contribution >= 0.6 is 0 Å². The maximum Gasteiger partial charge on any atom is 0.191 e. The van der Waals surface area contributed by atoms with Gasteiger partial charge in [0.05, 0.1) is 12.2 Å². The molecule has 2 rings (SSSR count). The van der Waals surface area contributed by atoms with Crippen molar-refractivity contribution in [1.29, 1.82) is 0 Å². The molecule has 1 aromatic heterocycles. The van der Waals surface area contributed by atoms with Crippen LogP contribution in [0.1, 0.15) is 11.3 Å². The lowest BCUT2D eigenvalue weighted by Gasteiger charge is -2.12. The SMILES string of the molecule is CN=C(NCCS(=O)Cc1ccccc1)NCc1ccnn1C. The Bertz CT molecular complexity index is 654. The molecule has 124 valence electrons. The number of guanidine groups is 1. The lowest BCUT2D eigenvalue weighted by atomic mass is 10.2. The highest BCUT2D eigenvalue weighted by Gasteiger charge is 2.04. The summed E-state index contributed by atoms with van der Waals surface area (Å²) in [6.07, 6.45) is 1.76. The molecule has 0 amide bonds. The molecule has 0 saturated heterocycles. The summed E-state index contributed by atoms with van der Waals surface area (Å²) in [5.41, 5.74) is 2.17. The molecule has 0 aliphatic carbocycles. The van der Waals surface area contributed by atoms with Crippen LogP contribution in [0.2, 0.25) is 0 Å². The molecule has 0 fully saturated rings. The maximum absolute atomic E-state index is 12.1. The first-order valence-corrected chi connectivity index (χ1v) is 8.98. The molecule has 1 unspecified atom stereocenters. The minimum Gasteiger partial charge on any atom is -0.355 e. The number of nitrogens with one attached hydrogen (secondary N) is 2. The molecule has 0 saturated carbocycles. The van der Waals surface area contributed by atoms with E-state index >= 15 is 0 Å². The summed E-state index contributed by atoms with van der Waals surface area (Å²) in [7, 11) is 2.74. The van der Waals surface area contributed by atoms with Crippen LogP contribution in [-0.2, 0) is 30.1 Å². The fourth-order valence-corrected chi connectivity index (χ4v) is 3.12. The second-order valence-electron chi connectivity index (χ2n) is 5.07. The molecule has 0 aliphatic heterocycles. The topological polar surface area (TPSA) is 71.3 Å². The van der Waals surface area contributed by atoms with Crippen molar-refractivity contribution >= 4 is 16.8 Å². The Labute approximate surface area is 139 Å². The molecular weight excluding hydrogens is 310 g/mol. The van der Waals surface area contributed by atoms with Crippen LogP contribution in [0.3, 0.4) is 0 Å². The molecule has 2 N–H and O–H groups in total. The molecular formula is C16H23N5OS. The minimum atomic E-state index is -0.886. The van der Waals surface area contributed by atoms with Gasteiger partial charge in [-0.05, 0) is 11.6 Å². The van der Waals surface area contributed by atoms with Crippen molar-refractivity contribution in [2.75, 3.05) is 19.3 Å². The third-order valence-electron chi connectivity index (χ3n) is 3.38. The Morgan fingerprint density at radius 1 is 1.26 bits per heavy atom. The molecule has 0 aliphatic rings. The van der Waals surface area contributed by atoms with E-state index in [0.29, 0.717) is 30.6 Å². The van der Waals surface area contributed by atoms with Gasteiger partial charge in [0, 0.05) is 49.1 Å². The first kappa shape index (κ1) is 17.2. The number of aromatic nitrogens is 2. The van der Waals surface area contributed by atoms with E-state index in [1.807, 2.05) is 48.1 Å². The molecule has 0 bridgehead atoms. The van der Waals surface area contributed by atoms with Crippen molar-refractivity contribution in [1.82, 2.24) is 20.4 Å². The van der Waals surface area contributed by atoms with Crippen LogP contribution < -0.4 is 10.6 Å². The van der Waals surface area contributed by atoms with E-state index in [9.17, 15) is 4.21 Å². The zero-order valence-corrected chi connectivity index (χ0v) is 14.3. The quantitative estimate of drug-likeness (QED) is 0.586. The number of hydrogen-bond acceptors (Lipinski definition) is 3. The number of aliphatic imine (C=N–C) groups is 1. The summed E-state index contributed by atoms with van der Waals surface area (Å²) in [4.78, 5) is 4.16. The van der Waals surface area contributed by atoms with E-state index in [-0.39, 0.29) is 0 Å². The summed E-state index contributed by atoms with van der Waals surface area (Å²) in [6.45, 7) is 1.26. The van der Waals surface area contributed by atoms with Crippen molar-refractivity contribution < 1.29 is 4.21 Å². The van der Waals surface area contributed by atoms with E-state index < -0.39 is 10.8 Å². The summed E-state index contributed by atoms with van der Waals surface area (Å²) < 4.78 is 13.9. The normalized spacial score (nSPS) is 12.9. The summed E-state index contributed by atoms with van der Waals surface area (Å²) in [5.74, 6) is 1.87. The van der Waals surface area contributed by atoms with Gasteiger partial charge in [-0.25, -0.2) is 0 Å². The molecule has 0 spiro atoms. The standard InChI is InChI=1S/C16H23N5OS/c1-17-16(19-12-15-8-9-20-21(15)2)18-10-11-23(22)13-14-6-4-3-5-7-14/h3-9H,10-13H2,1-2H3,(H2,17,18,19). The first-order chi connectivity index (χ1) is 11.2. The lowest BCUT2D eigenvalue weighted by molar-refractivity contribution is 0.678. The van der Waals surface area contributed by atoms with E-state index in [1.165, 1.54) is 0 Å². The minimum absolute atomic E-state index is 0.585. The summed E-state index contributed by atoms with van der Waals surface area (Å²) in [5, 5.41) is 10.5. The van der Waals surface area contributed by atoms with Crippen LogP contribution in [0, 0.1) is 0 Å². The Hall–Kier alpha value is -2.15. The van der Waals surface area contributed by atoms with Crippen molar-refractivity contribution in [3.63, 3.8) is 0 Å². The van der Waals surface area contributed by atoms with Gasteiger partial charge in [0.25, 0.3) is 0 Å². The molecule has 6 nitrogen and oxygen atoms in total. The smallest absolute Gasteiger partial charge is 0.191 e. The van der Waals surface area contributed by atoms with Crippen molar-refractivity contribution in [2.24, 2.45) is 12.0 Å². The third-order valence-corrected chi connectivity index (χ3v) is 4.69. The predicted octanol–water partition coefficient (Wildman–Crippen LogP) is 1.03. The van der Waals surface area contributed by atoms with Gasteiger partial charge in [-0.2, -0.15) is 5.10 Å². The molecule has 1 aromatic carbocycles. The second kappa shape index (κ2) is 9.09. The molecule has 1 heterocycles. The van der Waals surface area contributed by atoms with Gasteiger partial charge >= 0.3 is 0 Å². The molecule has 23 heavy (non-hydrogen) atoms. The average molecular weight is 333 g/mol. The molecule has 2 aromatic rings. The zero-order valence-electron chi connectivity index (χ0n) is 13.5. The van der Waals surface area contributed by atoms with Gasteiger partial charge in [0.1, 0.15) is 0 Å². The highest BCUT2D eigenvalue weighted by molar-refractivity contribution is 7.84. The van der Waals surface area contributed by atoms with Gasteiger partial charge in [0.2, 0.25) is 0 Å². The van der Waals surface area contributed by atoms with Gasteiger partial charge in [0.15, 0.2) is 5.96 Å². The first-order valence-electron chi connectivity index (χ1n) is 7.49. The summed E-state index contributed by atoms with van der Waals surface area (Å²) >= 11 is 0. The van der Waals surface area contributed by atoms with E-state index in [1.54, 1.807) is 13.2 Å². The fraction of sp³-hybridized carbons (Fsp3) is 0.375. The van der Waals surface area contributed by atoms with E-state index in [4.69, 9.17) is 0 Å². The number of rotatable bonds is 7. The van der Waals surface area contributed by atoms with Crippen molar-refractivity contribution in [3.05, 3.63) is 53.9 Å². The van der Waals surface area contributed by atoms with Crippen molar-refractivity contribution in [2.45, 2.75) is 12.3 Å². The average Bonchev–Trinajstić information content (AvgIpc) is 2.97. The number of benzene rings is 1. The second-order valence-corrected chi connectivity index (χ2v) is 6.65. The Kier molecular flexibility index (Phi) is 6.80. The largest absolute Gasteiger partial charge is 0.355 e. The predicted molar refractivity (Wildman–Crippen MR) is 94.6 cm³/mol. The number of nitrogens with zero attached hydrogens (tertiary/aromatic N) is 3. The van der Waals surface area contributed by atoms with Gasteiger partial charge in [-0.1, -0.05) is 30.3 Å². The van der Waals surface area contributed by atoms with E-state index in [2.05, 4.69) is 20.7 Å². The fourth-order valence-electron chi connectivity index (χ4n) is 2.09. The monoisotopic (exact) mass is 333 g/mol. The summed E-state index contributed by atoms with van der Waals surface area (Å²) in [6, 6.07) is 11.9. The number of aryl methyl sites for hydroxylation is 1. The lowest BCUT2D eigenvalue weighted by Crippen LogP contribution is -2.39. The zero-order chi connectivity index (χ0) is 16.5. The van der Waals surface area contributed by atoms with Gasteiger partial charge in [-0.3, -0.25) is 13.9 Å². The van der Waals surface area contributed by atoms with Crippen LogP contribution in [0.4, 0.5) is 0 Å². The molecule has 1 atom stereocenters. The van der Waals surface area contributed by atoms with Gasteiger partial charge in [-0.15, -0.1) is 0 Å². The van der Waals surface area contributed by atoms with Gasteiger partial charge < -0.3 is 10.6 Å².